The van der Waals surface area contributed by atoms with E-state index < -0.39 is 0 Å². The molecule has 3 atom stereocenters. The predicted molar refractivity (Wildman–Crippen MR) is 84.0 cm³/mol. The minimum absolute atomic E-state index is 0.0308. The molecule has 3 heteroatoms. The Bertz CT molecular complexity index is 583. The van der Waals surface area contributed by atoms with Gasteiger partial charge in [-0.1, -0.05) is 25.7 Å². The van der Waals surface area contributed by atoms with Crippen LogP contribution in [0, 0.1) is 30.6 Å². The van der Waals surface area contributed by atoms with Gasteiger partial charge in [-0.05, 0) is 55.4 Å². The van der Waals surface area contributed by atoms with Gasteiger partial charge in [0.25, 0.3) is 5.91 Å². The molecule has 0 bridgehead atoms. The minimum Gasteiger partial charge on any atom is -0.384 e. The van der Waals surface area contributed by atoms with Crippen LogP contribution in [0.5, 0.6) is 0 Å². The summed E-state index contributed by atoms with van der Waals surface area (Å²) in [7, 11) is 0. The maximum Gasteiger partial charge on any atom is 0.251 e. The smallest absolute Gasteiger partial charge is 0.251 e. The fraction of sp³-hybridized carbons (Fsp3) is 0.500. The number of carbonyl (C=O) groups is 1. The molecular weight excluding hydrogens is 262 g/mol. The van der Waals surface area contributed by atoms with E-state index in [0.717, 1.165) is 17.5 Å². The van der Waals surface area contributed by atoms with Crippen LogP contribution in [0.15, 0.2) is 18.2 Å². The molecule has 1 fully saturated rings. The fourth-order valence-electron chi connectivity index (χ4n) is 2.95. The third-order valence-corrected chi connectivity index (χ3v) is 4.43. The van der Waals surface area contributed by atoms with Crippen LogP contribution < -0.4 is 5.32 Å². The lowest BCUT2D eigenvalue weighted by molar-refractivity contribution is 0.0927. The first kappa shape index (κ1) is 15.6. The molecule has 0 heterocycles. The molecule has 0 saturated heterocycles. The van der Waals surface area contributed by atoms with Crippen molar-refractivity contribution < 1.29 is 9.90 Å². The maximum absolute atomic E-state index is 12.4. The maximum atomic E-state index is 12.4. The van der Waals surface area contributed by atoms with Crippen molar-refractivity contribution in [1.29, 1.82) is 0 Å². The summed E-state index contributed by atoms with van der Waals surface area (Å²) >= 11 is 0. The molecule has 0 radical (unpaired) electrons. The topological polar surface area (TPSA) is 49.3 Å². The Hall–Kier alpha value is -1.79. The highest BCUT2D eigenvalue weighted by Crippen LogP contribution is 2.31. The van der Waals surface area contributed by atoms with E-state index in [1.807, 2.05) is 19.1 Å². The van der Waals surface area contributed by atoms with E-state index in [1.165, 1.54) is 6.42 Å². The van der Waals surface area contributed by atoms with Gasteiger partial charge >= 0.3 is 0 Å². The normalized spacial score (nSPS) is 24.3. The van der Waals surface area contributed by atoms with E-state index in [4.69, 9.17) is 5.11 Å². The lowest BCUT2D eigenvalue weighted by atomic mass is 9.97. The third-order valence-electron chi connectivity index (χ3n) is 4.43. The first-order valence-electron chi connectivity index (χ1n) is 7.53. The quantitative estimate of drug-likeness (QED) is 0.820. The second-order valence-electron chi connectivity index (χ2n) is 6.04. The van der Waals surface area contributed by atoms with Gasteiger partial charge in [-0.15, -0.1) is 0 Å². The van der Waals surface area contributed by atoms with E-state index in [1.54, 1.807) is 6.07 Å². The average molecular weight is 285 g/mol. The number of aryl methyl sites for hydroxylation is 1. The van der Waals surface area contributed by atoms with Gasteiger partial charge in [0, 0.05) is 17.2 Å². The molecule has 0 aromatic heterocycles. The second kappa shape index (κ2) is 6.78. The molecular formula is C18H23NO2. The Labute approximate surface area is 126 Å². The monoisotopic (exact) mass is 285 g/mol. The third kappa shape index (κ3) is 3.86. The number of carbonyl (C=O) groups excluding carboxylic acids is 1. The summed E-state index contributed by atoms with van der Waals surface area (Å²) in [6.07, 6.45) is 2.23. The van der Waals surface area contributed by atoms with Crippen molar-refractivity contribution in [2.75, 3.05) is 6.61 Å². The molecule has 112 valence electrons. The Morgan fingerprint density at radius 3 is 2.71 bits per heavy atom. The molecule has 2 N–H and O–H groups in total. The van der Waals surface area contributed by atoms with Crippen molar-refractivity contribution in [3.8, 4) is 11.8 Å². The van der Waals surface area contributed by atoms with E-state index in [2.05, 4.69) is 31.0 Å². The largest absolute Gasteiger partial charge is 0.384 e. The van der Waals surface area contributed by atoms with Gasteiger partial charge in [0.15, 0.2) is 0 Å². The molecule has 1 aliphatic rings. The Kier molecular flexibility index (Phi) is 5.03. The van der Waals surface area contributed by atoms with Gasteiger partial charge in [-0.25, -0.2) is 0 Å². The molecule has 1 aromatic rings. The summed E-state index contributed by atoms with van der Waals surface area (Å²) in [5, 5.41) is 11.9. The Balaban J connectivity index is 2.14. The molecule has 2 rings (SSSR count). The van der Waals surface area contributed by atoms with Crippen molar-refractivity contribution in [1.82, 2.24) is 5.32 Å². The standard InChI is InChI=1S/C18H23NO2/c1-12-9-15(5-4-8-20)11-16(10-12)18(21)19-17-7-6-13(2)14(17)3/h9-11,13-14,17,20H,6-8H2,1-3H3,(H,19,21). The molecule has 3 nitrogen and oxygen atoms in total. The van der Waals surface area contributed by atoms with Crippen LogP contribution >= 0.6 is 0 Å². The summed E-state index contributed by atoms with van der Waals surface area (Å²) in [6, 6.07) is 5.84. The second-order valence-corrected chi connectivity index (χ2v) is 6.04. The summed E-state index contributed by atoms with van der Waals surface area (Å²) in [6.45, 7) is 6.22. The molecule has 0 spiro atoms. The van der Waals surface area contributed by atoms with Crippen LogP contribution in [0.25, 0.3) is 0 Å². The molecule has 0 aliphatic heterocycles. The summed E-state index contributed by atoms with van der Waals surface area (Å²) in [5.74, 6) is 6.63. The van der Waals surface area contributed by atoms with Gasteiger partial charge in [0.1, 0.15) is 6.61 Å². The zero-order valence-corrected chi connectivity index (χ0v) is 12.9. The van der Waals surface area contributed by atoms with Crippen molar-refractivity contribution in [3.63, 3.8) is 0 Å². The zero-order valence-electron chi connectivity index (χ0n) is 12.9. The predicted octanol–water partition coefficient (Wildman–Crippen LogP) is 2.50. The number of amides is 1. The van der Waals surface area contributed by atoms with Gasteiger partial charge in [0.2, 0.25) is 0 Å². The van der Waals surface area contributed by atoms with Crippen LogP contribution in [0.4, 0.5) is 0 Å². The van der Waals surface area contributed by atoms with Crippen LogP contribution in [-0.4, -0.2) is 23.7 Å². The van der Waals surface area contributed by atoms with Crippen LogP contribution in [-0.2, 0) is 0 Å². The van der Waals surface area contributed by atoms with Crippen LogP contribution in [0.3, 0.4) is 0 Å². The Morgan fingerprint density at radius 1 is 1.33 bits per heavy atom. The van der Waals surface area contributed by atoms with E-state index in [9.17, 15) is 4.79 Å². The lowest BCUT2D eigenvalue weighted by Gasteiger charge is -2.19. The molecule has 21 heavy (non-hydrogen) atoms. The van der Waals surface area contributed by atoms with Crippen LogP contribution in [0.1, 0.15) is 48.2 Å². The van der Waals surface area contributed by atoms with Crippen molar-refractivity contribution >= 4 is 5.91 Å². The average Bonchev–Trinajstić information content (AvgIpc) is 2.76. The number of hydrogen-bond donors (Lipinski definition) is 2. The van der Waals surface area contributed by atoms with Crippen molar-refractivity contribution in [2.24, 2.45) is 11.8 Å². The number of rotatable bonds is 2. The van der Waals surface area contributed by atoms with Crippen LogP contribution in [0.2, 0.25) is 0 Å². The highest BCUT2D eigenvalue weighted by Gasteiger charge is 2.30. The molecule has 1 aromatic carbocycles. The van der Waals surface area contributed by atoms with Gasteiger partial charge in [-0.2, -0.15) is 0 Å². The molecule has 3 unspecified atom stereocenters. The zero-order chi connectivity index (χ0) is 15.4. The Morgan fingerprint density at radius 2 is 2.10 bits per heavy atom. The van der Waals surface area contributed by atoms with Gasteiger partial charge < -0.3 is 10.4 Å². The number of hydrogen-bond acceptors (Lipinski definition) is 2. The summed E-state index contributed by atoms with van der Waals surface area (Å²) in [4.78, 5) is 12.4. The highest BCUT2D eigenvalue weighted by molar-refractivity contribution is 5.95. The number of aliphatic hydroxyl groups is 1. The van der Waals surface area contributed by atoms with Gasteiger partial charge in [-0.3, -0.25) is 4.79 Å². The molecule has 1 amide bonds. The lowest BCUT2D eigenvalue weighted by Crippen LogP contribution is -2.37. The first-order chi connectivity index (χ1) is 10.0. The van der Waals surface area contributed by atoms with E-state index in [-0.39, 0.29) is 18.6 Å². The highest BCUT2D eigenvalue weighted by atomic mass is 16.2. The molecule has 1 saturated carbocycles. The first-order valence-corrected chi connectivity index (χ1v) is 7.53. The van der Waals surface area contributed by atoms with Crippen molar-refractivity contribution in [3.05, 3.63) is 34.9 Å². The summed E-state index contributed by atoms with van der Waals surface area (Å²) < 4.78 is 0. The SMILES string of the molecule is Cc1cc(C#CCO)cc(C(=O)NC2CCC(C)C2C)c1. The fourth-order valence-corrected chi connectivity index (χ4v) is 2.95. The summed E-state index contributed by atoms with van der Waals surface area (Å²) in [5.41, 5.74) is 2.41. The minimum atomic E-state index is -0.174. The number of aliphatic hydroxyl groups excluding tert-OH is 1. The van der Waals surface area contributed by atoms with Crippen molar-refractivity contribution in [2.45, 2.75) is 39.7 Å². The van der Waals surface area contributed by atoms with Gasteiger partial charge in [0.05, 0.1) is 0 Å². The molecule has 1 aliphatic carbocycles. The number of benzene rings is 1. The number of nitrogens with one attached hydrogen (secondary N) is 1. The van der Waals surface area contributed by atoms with E-state index in [0.29, 0.717) is 17.4 Å². The van der Waals surface area contributed by atoms with E-state index >= 15 is 0 Å².